The quantitative estimate of drug-likeness (QED) is 0.568. The van der Waals surface area contributed by atoms with Crippen LogP contribution in [0.5, 0.6) is 0 Å². The lowest BCUT2D eigenvalue weighted by Crippen LogP contribution is -2.43. The Morgan fingerprint density at radius 2 is 2.00 bits per heavy atom. The highest BCUT2D eigenvalue weighted by atomic mass is 32.1. The van der Waals surface area contributed by atoms with Crippen LogP contribution in [0.15, 0.2) is 48.5 Å². The van der Waals surface area contributed by atoms with E-state index in [9.17, 15) is 14.7 Å². The molecule has 1 atom stereocenters. The van der Waals surface area contributed by atoms with Crippen LogP contribution in [0.2, 0.25) is 0 Å². The number of thiophene rings is 1. The van der Waals surface area contributed by atoms with Crippen molar-refractivity contribution in [2.45, 2.75) is 39.2 Å². The van der Waals surface area contributed by atoms with Gasteiger partial charge in [0, 0.05) is 23.0 Å². The largest absolute Gasteiger partial charge is 0.477 e. The lowest BCUT2D eigenvalue weighted by Gasteiger charge is -2.28. The molecule has 0 radical (unpaired) electrons. The maximum Gasteiger partial charge on any atom is 0.346 e. The number of likely N-dealkylation sites (N-methyl/N-ethyl adjacent to an activating group) is 1. The molecule has 162 valence electrons. The average Bonchev–Trinajstić information content (AvgIpc) is 3.34. The Hall–Kier alpha value is -2.70. The van der Waals surface area contributed by atoms with Crippen molar-refractivity contribution in [2.75, 3.05) is 24.5 Å². The summed E-state index contributed by atoms with van der Waals surface area (Å²) in [4.78, 5) is 29.5. The van der Waals surface area contributed by atoms with E-state index in [0.717, 1.165) is 46.3 Å². The van der Waals surface area contributed by atoms with Gasteiger partial charge in [0.05, 0.1) is 6.54 Å². The molecule has 1 aliphatic heterocycles. The number of hydrogen-bond acceptors (Lipinski definition) is 4. The molecule has 2 heterocycles. The minimum absolute atomic E-state index is 0.0913. The number of rotatable bonds is 7. The van der Waals surface area contributed by atoms with Gasteiger partial charge in [-0.05, 0) is 74.4 Å². The van der Waals surface area contributed by atoms with Gasteiger partial charge in [-0.25, -0.2) is 4.79 Å². The number of carbonyl (C=O) groups excluding carboxylic acids is 1. The number of likely N-dealkylation sites (tertiary alicyclic amines) is 1. The summed E-state index contributed by atoms with van der Waals surface area (Å²) in [7, 11) is 0. The van der Waals surface area contributed by atoms with E-state index in [2.05, 4.69) is 4.90 Å². The highest BCUT2D eigenvalue weighted by Crippen LogP contribution is 2.34. The molecule has 1 aromatic heterocycles. The Bertz CT molecular complexity index is 1110. The maximum atomic E-state index is 13.2. The van der Waals surface area contributed by atoms with E-state index in [1.165, 1.54) is 11.3 Å². The summed E-state index contributed by atoms with van der Waals surface area (Å²) in [5, 5.41) is 10.8. The van der Waals surface area contributed by atoms with Crippen molar-refractivity contribution in [3.63, 3.8) is 0 Å². The molecule has 3 aromatic rings. The molecule has 1 aliphatic rings. The number of fused-ring (bicyclic) bond motifs is 1. The zero-order valence-corrected chi connectivity index (χ0v) is 18.8. The topological polar surface area (TPSA) is 60.9 Å². The number of carboxylic acids is 1. The van der Waals surface area contributed by atoms with E-state index in [1.807, 2.05) is 67.3 Å². The molecule has 1 N–H and O–H groups in total. The van der Waals surface area contributed by atoms with Crippen molar-refractivity contribution >= 4 is 39.0 Å². The van der Waals surface area contributed by atoms with Crippen LogP contribution in [0.4, 0.5) is 5.69 Å². The van der Waals surface area contributed by atoms with Crippen LogP contribution in [0.25, 0.3) is 10.1 Å². The van der Waals surface area contributed by atoms with Crippen LogP contribution in [0.3, 0.4) is 0 Å². The molecular weight excluding hydrogens is 408 g/mol. The average molecular weight is 437 g/mol. The number of carbonyl (C=O) groups is 2. The summed E-state index contributed by atoms with van der Waals surface area (Å²) < 4.78 is 1.01. The fourth-order valence-corrected chi connectivity index (χ4v) is 5.67. The predicted octanol–water partition coefficient (Wildman–Crippen LogP) is 4.97. The molecule has 31 heavy (non-hydrogen) atoms. The number of benzene rings is 2. The van der Waals surface area contributed by atoms with Gasteiger partial charge < -0.3 is 10.0 Å². The number of aryl methyl sites for hydroxylation is 1. The monoisotopic (exact) mass is 436 g/mol. The van der Waals surface area contributed by atoms with E-state index >= 15 is 0 Å². The third-order valence-corrected chi connectivity index (χ3v) is 7.30. The molecule has 2 aromatic carbocycles. The molecule has 0 spiro atoms. The van der Waals surface area contributed by atoms with Crippen LogP contribution in [0, 0.1) is 6.92 Å². The van der Waals surface area contributed by atoms with E-state index in [4.69, 9.17) is 0 Å². The van der Waals surface area contributed by atoms with Crippen molar-refractivity contribution < 1.29 is 14.7 Å². The zero-order valence-electron chi connectivity index (χ0n) is 18.0. The van der Waals surface area contributed by atoms with E-state index in [1.54, 1.807) is 0 Å². The molecule has 0 bridgehead atoms. The van der Waals surface area contributed by atoms with Gasteiger partial charge >= 0.3 is 5.97 Å². The first-order chi connectivity index (χ1) is 15.0. The predicted molar refractivity (Wildman–Crippen MR) is 126 cm³/mol. The Labute approximate surface area is 186 Å². The highest BCUT2D eigenvalue weighted by Gasteiger charge is 2.30. The number of hydrogen-bond donors (Lipinski definition) is 1. The van der Waals surface area contributed by atoms with Crippen LogP contribution in [-0.4, -0.2) is 47.6 Å². The minimum Gasteiger partial charge on any atom is -0.477 e. The van der Waals surface area contributed by atoms with Crippen molar-refractivity contribution in [2.24, 2.45) is 0 Å². The number of anilines is 1. The van der Waals surface area contributed by atoms with Crippen molar-refractivity contribution in [3.8, 4) is 0 Å². The Kier molecular flexibility index (Phi) is 6.39. The Morgan fingerprint density at radius 1 is 1.19 bits per heavy atom. The third-order valence-electron chi connectivity index (χ3n) is 6.10. The second-order valence-electron chi connectivity index (χ2n) is 8.16. The summed E-state index contributed by atoms with van der Waals surface area (Å²) in [5.74, 6) is -0.776. The SMILES string of the molecule is CCN(C(=O)CN1CCCC1Cc1c(C(=O)O)sc2ccccc12)c1cccc(C)c1. The summed E-state index contributed by atoms with van der Waals surface area (Å²) in [6.45, 7) is 5.88. The first-order valence-electron chi connectivity index (χ1n) is 10.8. The van der Waals surface area contributed by atoms with Crippen molar-refractivity contribution in [1.29, 1.82) is 0 Å². The smallest absolute Gasteiger partial charge is 0.346 e. The summed E-state index contributed by atoms with van der Waals surface area (Å²) in [6, 6.07) is 16.1. The zero-order chi connectivity index (χ0) is 22.0. The van der Waals surface area contributed by atoms with Crippen LogP contribution in [0.1, 0.15) is 40.6 Å². The lowest BCUT2D eigenvalue weighted by molar-refractivity contribution is -0.119. The first kappa shape index (κ1) is 21.5. The van der Waals surface area contributed by atoms with Gasteiger partial charge in [0.25, 0.3) is 0 Å². The van der Waals surface area contributed by atoms with Crippen LogP contribution >= 0.6 is 11.3 Å². The van der Waals surface area contributed by atoms with Crippen molar-refractivity contribution in [1.82, 2.24) is 4.90 Å². The van der Waals surface area contributed by atoms with Gasteiger partial charge in [-0.3, -0.25) is 9.69 Å². The number of carboxylic acid groups (broad SMARTS) is 1. The molecule has 5 nitrogen and oxygen atoms in total. The van der Waals surface area contributed by atoms with Crippen LogP contribution in [-0.2, 0) is 11.2 Å². The molecule has 0 aliphatic carbocycles. The van der Waals surface area contributed by atoms with E-state index in [0.29, 0.717) is 24.4 Å². The second-order valence-corrected chi connectivity index (χ2v) is 9.21. The Morgan fingerprint density at radius 3 is 2.74 bits per heavy atom. The number of amides is 1. The lowest BCUT2D eigenvalue weighted by atomic mass is 10.0. The summed E-state index contributed by atoms with van der Waals surface area (Å²) >= 11 is 1.34. The van der Waals surface area contributed by atoms with Gasteiger partial charge in [0.1, 0.15) is 4.88 Å². The molecule has 6 heteroatoms. The maximum absolute atomic E-state index is 13.2. The fraction of sp³-hybridized carbons (Fsp3) is 0.360. The van der Waals surface area contributed by atoms with Gasteiger partial charge in [-0.1, -0.05) is 30.3 Å². The second kappa shape index (κ2) is 9.20. The first-order valence-corrected chi connectivity index (χ1v) is 11.6. The fourth-order valence-electron chi connectivity index (χ4n) is 4.60. The van der Waals surface area contributed by atoms with E-state index < -0.39 is 5.97 Å². The Balaban J connectivity index is 1.54. The van der Waals surface area contributed by atoms with Crippen molar-refractivity contribution in [3.05, 3.63) is 64.5 Å². The van der Waals surface area contributed by atoms with Crippen LogP contribution < -0.4 is 4.90 Å². The molecule has 0 saturated carbocycles. The molecular formula is C25H28N2O3S. The molecule has 4 rings (SSSR count). The van der Waals surface area contributed by atoms with Gasteiger partial charge in [-0.15, -0.1) is 11.3 Å². The molecule has 1 fully saturated rings. The summed E-state index contributed by atoms with van der Waals surface area (Å²) in [5.41, 5.74) is 2.97. The molecule has 1 amide bonds. The normalized spacial score (nSPS) is 16.6. The van der Waals surface area contributed by atoms with Gasteiger partial charge in [0.2, 0.25) is 5.91 Å². The molecule has 1 saturated heterocycles. The number of nitrogens with zero attached hydrogens (tertiary/aromatic N) is 2. The van der Waals surface area contributed by atoms with E-state index in [-0.39, 0.29) is 11.9 Å². The third kappa shape index (κ3) is 4.50. The highest BCUT2D eigenvalue weighted by molar-refractivity contribution is 7.21. The minimum atomic E-state index is -0.867. The number of aromatic carboxylic acids is 1. The van der Waals surface area contributed by atoms with Gasteiger partial charge in [0.15, 0.2) is 0 Å². The van der Waals surface area contributed by atoms with Gasteiger partial charge in [-0.2, -0.15) is 0 Å². The standard InChI is InChI=1S/C25H28N2O3S/c1-3-27(19-9-6-8-17(2)14-19)23(28)16-26-13-7-10-18(26)15-21-20-11-4-5-12-22(20)31-24(21)25(29)30/h4-6,8-9,11-12,14,18H,3,7,10,13,15-16H2,1-2H3,(H,29,30). The summed E-state index contributed by atoms with van der Waals surface area (Å²) in [6.07, 6.45) is 2.67. The molecule has 1 unspecified atom stereocenters.